The maximum atomic E-state index is 12.3. The molecule has 1 aromatic heterocycles. The average Bonchev–Trinajstić information content (AvgIpc) is 3.21. The molecule has 1 aliphatic rings. The van der Waals surface area contributed by atoms with Gasteiger partial charge in [-0.1, -0.05) is 25.1 Å². The number of tetrazole rings is 1. The zero-order valence-electron chi connectivity index (χ0n) is 14.6. The molecule has 2 heterocycles. The predicted molar refractivity (Wildman–Crippen MR) is 95.3 cm³/mol. The van der Waals surface area contributed by atoms with E-state index in [9.17, 15) is 13.2 Å². The van der Waals surface area contributed by atoms with Crippen LogP contribution in [0, 0.1) is 0 Å². The molecule has 1 aliphatic heterocycles. The summed E-state index contributed by atoms with van der Waals surface area (Å²) in [5, 5.41) is 14.6. The van der Waals surface area contributed by atoms with Gasteiger partial charge in [0.1, 0.15) is 0 Å². The number of nitrogens with zero attached hydrogens (tertiary/aromatic N) is 5. The van der Waals surface area contributed by atoms with Gasteiger partial charge in [-0.15, -0.1) is 5.10 Å². The first kappa shape index (κ1) is 18.5. The lowest BCUT2D eigenvalue weighted by Gasteiger charge is -2.20. The first-order valence-corrected chi connectivity index (χ1v) is 10.3. The third-order valence-electron chi connectivity index (χ3n) is 4.31. The number of likely N-dealkylation sites (N-methyl/N-ethyl adjacent to an activating group) is 1. The minimum atomic E-state index is -3.01. The normalized spacial score (nSPS) is 18.9. The zero-order valence-corrected chi connectivity index (χ0v) is 15.4. The van der Waals surface area contributed by atoms with Gasteiger partial charge in [0.05, 0.1) is 30.3 Å². The monoisotopic (exact) mass is 378 g/mol. The molecule has 140 valence electrons. The van der Waals surface area contributed by atoms with Crippen molar-refractivity contribution < 1.29 is 13.2 Å². The summed E-state index contributed by atoms with van der Waals surface area (Å²) in [5.41, 5.74) is 0.851. The minimum Gasteiger partial charge on any atom is -0.351 e. The minimum absolute atomic E-state index is 0.0249. The van der Waals surface area contributed by atoms with Crippen LogP contribution in [0.4, 0.5) is 0 Å². The lowest BCUT2D eigenvalue weighted by atomic mass is 10.2. The Morgan fingerprint density at radius 2 is 2.12 bits per heavy atom. The maximum absolute atomic E-state index is 12.3. The lowest BCUT2D eigenvalue weighted by molar-refractivity contribution is -0.122. The van der Waals surface area contributed by atoms with Crippen molar-refractivity contribution in [2.24, 2.45) is 0 Å². The number of rotatable bonds is 7. The van der Waals surface area contributed by atoms with Crippen LogP contribution in [0.1, 0.15) is 19.2 Å². The molecular formula is C16H22N6O3S. The number of benzene rings is 1. The van der Waals surface area contributed by atoms with Crippen molar-refractivity contribution in [3.63, 3.8) is 0 Å². The molecule has 0 bridgehead atoms. The number of carbonyl (C=O) groups is 1. The first-order valence-electron chi connectivity index (χ1n) is 8.51. The number of nitrogens with one attached hydrogen (secondary N) is 1. The number of carbonyl (C=O) groups excluding carboxylic acids is 1. The van der Waals surface area contributed by atoms with E-state index in [0.29, 0.717) is 25.3 Å². The molecule has 0 radical (unpaired) electrons. The number of sulfone groups is 1. The highest BCUT2D eigenvalue weighted by atomic mass is 32.2. The van der Waals surface area contributed by atoms with Crippen LogP contribution < -0.4 is 5.32 Å². The molecule has 1 amide bonds. The van der Waals surface area contributed by atoms with Crippen molar-refractivity contribution in [3.8, 4) is 5.69 Å². The Kier molecular flexibility index (Phi) is 5.62. The fourth-order valence-corrected chi connectivity index (χ4v) is 4.61. The van der Waals surface area contributed by atoms with Gasteiger partial charge in [-0.25, -0.2) is 8.42 Å². The predicted octanol–water partition coefficient (Wildman–Crippen LogP) is -0.212. The van der Waals surface area contributed by atoms with E-state index in [-0.39, 0.29) is 30.0 Å². The summed E-state index contributed by atoms with van der Waals surface area (Å²) in [5.74, 6) is 0.611. The van der Waals surface area contributed by atoms with Crippen LogP contribution >= 0.6 is 0 Å². The second kappa shape index (κ2) is 7.92. The van der Waals surface area contributed by atoms with Gasteiger partial charge < -0.3 is 5.32 Å². The largest absolute Gasteiger partial charge is 0.351 e. The third-order valence-corrected chi connectivity index (χ3v) is 6.08. The van der Waals surface area contributed by atoms with Crippen LogP contribution in [0.5, 0.6) is 0 Å². The van der Waals surface area contributed by atoms with Gasteiger partial charge in [0, 0.05) is 6.04 Å². The summed E-state index contributed by atoms with van der Waals surface area (Å²) in [6.07, 6.45) is 0.479. The van der Waals surface area contributed by atoms with Gasteiger partial charge in [0.15, 0.2) is 15.7 Å². The third kappa shape index (κ3) is 4.64. The molecule has 1 saturated heterocycles. The molecule has 1 fully saturated rings. The summed E-state index contributed by atoms with van der Waals surface area (Å²) in [6, 6.07) is 9.25. The Morgan fingerprint density at radius 1 is 1.35 bits per heavy atom. The smallest absolute Gasteiger partial charge is 0.234 e. The van der Waals surface area contributed by atoms with E-state index in [0.717, 1.165) is 5.69 Å². The van der Waals surface area contributed by atoms with Gasteiger partial charge in [0.2, 0.25) is 5.91 Å². The van der Waals surface area contributed by atoms with E-state index < -0.39 is 9.84 Å². The van der Waals surface area contributed by atoms with Gasteiger partial charge >= 0.3 is 0 Å². The number of para-hydroxylation sites is 1. The van der Waals surface area contributed by atoms with Crippen LogP contribution in [0.15, 0.2) is 30.3 Å². The molecule has 9 nitrogen and oxygen atoms in total. The fraction of sp³-hybridized carbons (Fsp3) is 0.500. The van der Waals surface area contributed by atoms with Crippen LogP contribution in [-0.4, -0.2) is 70.1 Å². The van der Waals surface area contributed by atoms with E-state index in [1.807, 2.05) is 42.2 Å². The summed E-state index contributed by atoms with van der Waals surface area (Å²) in [7, 11) is -3.01. The number of aromatic nitrogens is 4. The van der Waals surface area contributed by atoms with Crippen molar-refractivity contribution >= 4 is 15.7 Å². The molecule has 10 heteroatoms. The molecular weight excluding hydrogens is 356 g/mol. The highest BCUT2D eigenvalue weighted by Crippen LogP contribution is 2.12. The van der Waals surface area contributed by atoms with Gasteiger partial charge in [-0.3, -0.25) is 9.69 Å². The number of hydrogen-bond acceptors (Lipinski definition) is 7. The maximum Gasteiger partial charge on any atom is 0.234 e. The number of amides is 1. The Hall–Kier alpha value is -2.33. The van der Waals surface area contributed by atoms with Crippen molar-refractivity contribution in [3.05, 3.63) is 36.2 Å². The Bertz CT molecular complexity index is 852. The number of hydrogen-bond donors (Lipinski definition) is 1. The SMILES string of the molecule is CCN(CC(=O)N[C@@H]1CCS(=O)(=O)C1)Cc1nnnn1-c1ccccc1. The molecule has 0 saturated carbocycles. The molecule has 1 aromatic carbocycles. The molecule has 26 heavy (non-hydrogen) atoms. The quantitative estimate of drug-likeness (QED) is 0.710. The van der Waals surface area contributed by atoms with Crippen molar-refractivity contribution in [1.82, 2.24) is 30.4 Å². The second-order valence-corrected chi connectivity index (χ2v) is 8.54. The van der Waals surface area contributed by atoms with Crippen molar-refractivity contribution in [2.75, 3.05) is 24.6 Å². The Morgan fingerprint density at radius 3 is 2.77 bits per heavy atom. The van der Waals surface area contributed by atoms with Crippen molar-refractivity contribution in [2.45, 2.75) is 25.9 Å². The zero-order chi connectivity index (χ0) is 18.6. The van der Waals surface area contributed by atoms with Gasteiger partial charge in [0.25, 0.3) is 0 Å². The summed E-state index contributed by atoms with van der Waals surface area (Å²) >= 11 is 0. The van der Waals surface area contributed by atoms with Crippen LogP contribution in [0.3, 0.4) is 0 Å². The lowest BCUT2D eigenvalue weighted by Crippen LogP contribution is -2.42. The second-order valence-electron chi connectivity index (χ2n) is 6.31. The Balaban J connectivity index is 1.60. The average molecular weight is 378 g/mol. The molecule has 3 rings (SSSR count). The van der Waals surface area contributed by atoms with Crippen LogP contribution in [0.2, 0.25) is 0 Å². The van der Waals surface area contributed by atoms with E-state index in [1.165, 1.54) is 0 Å². The fourth-order valence-electron chi connectivity index (χ4n) is 2.94. The van der Waals surface area contributed by atoms with E-state index in [4.69, 9.17) is 0 Å². The standard InChI is InChI=1S/C16H22N6O3S/c1-2-21(11-16(23)17-13-8-9-26(24,25)12-13)10-15-18-19-20-22(15)14-6-4-3-5-7-14/h3-7,13H,2,8-12H2,1H3,(H,17,23)/t13-/m1/s1. The highest BCUT2D eigenvalue weighted by Gasteiger charge is 2.29. The molecule has 0 spiro atoms. The van der Waals surface area contributed by atoms with Gasteiger partial charge in [-0.2, -0.15) is 4.68 Å². The van der Waals surface area contributed by atoms with Crippen molar-refractivity contribution in [1.29, 1.82) is 0 Å². The first-order chi connectivity index (χ1) is 12.5. The van der Waals surface area contributed by atoms with E-state index in [2.05, 4.69) is 20.8 Å². The molecule has 1 N–H and O–H groups in total. The summed E-state index contributed by atoms with van der Waals surface area (Å²) < 4.78 is 24.6. The molecule has 0 unspecified atom stereocenters. The molecule has 1 atom stereocenters. The summed E-state index contributed by atoms with van der Waals surface area (Å²) in [6.45, 7) is 3.16. The molecule has 2 aromatic rings. The van der Waals surface area contributed by atoms with E-state index in [1.54, 1.807) is 4.68 Å². The Labute approximate surface area is 152 Å². The molecule has 0 aliphatic carbocycles. The van der Waals surface area contributed by atoms with Crippen LogP contribution in [-0.2, 0) is 21.2 Å². The topological polar surface area (TPSA) is 110 Å². The summed E-state index contributed by atoms with van der Waals surface area (Å²) in [4.78, 5) is 14.2. The van der Waals surface area contributed by atoms with Crippen LogP contribution in [0.25, 0.3) is 5.69 Å². The van der Waals surface area contributed by atoms with Gasteiger partial charge in [-0.05, 0) is 35.5 Å². The van der Waals surface area contributed by atoms with E-state index >= 15 is 0 Å². The highest BCUT2D eigenvalue weighted by molar-refractivity contribution is 7.91.